The lowest BCUT2D eigenvalue weighted by Gasteiger charge is -2.09. The molecule has 0 unspecified atom stereocenters. The molecule has 2 nitrogen and oxygen atoms in total. The monoisotopic (exact) mass is 253 g/mol. The largest absolute Gasteiger partial charge is 0.326 e. The summed E-state index contributed by atoms with van der Waals surface area (Å²) in [5.74, 6) is 0.135. The molecule has 1 N–H and O–H groups in total. The minimum Gasteiger partial charge on any atom is -0.326 e. The Labute approximate surface area is 91.8 Å². The first-order valence-corrected chi connectivity index (χ1v) is 5.46. The topological polar surface area (TPSA) is 29.1 Å². The molecule has 1 fully saturated rings. The van der Waals surface area contributed by atoms with Crippen LogP contribution in [0.5, 0.6) is 0 Å². The van der Waals surface area contributed by atoms with E-state index in [2.05, 4.69) is 21.2 Å². The van der Waals surface area contributed by atoms with Gasteiger partial charge in [-0.25, -0.2) is 0 Å². The van der Waals surface area contributed by atoms with Gasteiger partial charge in [0.15, 0.2) is 0 Å². The Morgan fingerprint density at radius 2 is 2.21 bits per heavy atom. The molecule has 0 atom stereocenters. The van der Waals surface area contributed by atoms with Crippen LogP contribution in [0.3, 0.4) is 0 Å². The summed E-state index contributed by atoms with van der Waals surface area (Å²) in [7, 11) is 0. The molecule has 1 saturated carbocycles. The van der Waals surface area contributed by atoms with Crippen molar-refractivity contribution >= 4 is 27.5 Å². The Morgan fingerprint density at radius 3 is 2.79 bits per heavy atom. The van der Waals surface area contributed by atoms with Gasteiger partial charge in [-0.1, -0.05) is 28.9 Å². The fourth-order valence-corrected chi connectivity index (χ4v) is 1.66. The second-order valence-electron chi connectivity index (χ2n) is 4.03. The summed E-state index contributed by atoms with van der Waals surface area (Å²) in [6, 6.07) is 7.65. The Morgan fingerprint density at radius 1 is 1.50 bits per heavy atom. The van der Waals surface area contributed by atoms with Crippen molar-refractivity contribution in [2.24, 2.45) is 5.41 Å². The van der Waals surface area contributed by atoms with Crippen molar-refractivity contribution in [1.82, 2.24) is 0 Å². The van der Waals surface area contributed by atoms with Crippen LogP contribution in [0.25, 0.3) is 0 Å². The van der Waals surface area contributed by atoms with E-state index in [9.17, 15) is 4.79 Å². The molecule has 3 heteroatoms. The van der Waals surface area contributed by atoms with E-state index in [-0.39, 0.29) is 11.3 Å². The van der Waals surface area contributed by atoms with Crippen LogP contribution in [0.15, 0.2) is 28.7 Å². The number of benzene rings is 1. The molecular formula is C11H12BrNO. The molecule has 14 heavy (non-hydrogen) atoms. The number of carbonyl (C=O) groups excluding carboxylic acids is 1. The molecule has 0 bridgehead atoms. The summed E-state index contributed by atoms with van der Waals surface area (Å²) in [6.07, 6.45) is 2.01. The number of carbonyl (C=O) groups is 1. The van der Waals surface area contributed by atoms with Crippen LogP contribution in [-0.4, -0.2) is 5.91 Å². The molecule has 0 aromatic heterocycles. The van der Waals surface area contributed by atoms with Gasteiger partial charge in [0, 0.05) is 15.6 Å². The molecule has 0 aliphatic heterocycles. The summed E-state index contributed by atoms with van der Waals surface area (Å²) in [5.41, 5.74) is 0.750. The number of amides is 1. The first-order valence-electron chi connectivity index (χ1n) is 4.67. The van der Waals surface area contributed by atoms with E-state index in [0.29, 0.717) is 0 Å². The van der Waals surface area contributed by atoms with Crippen molar-refractivity contribution in [1.29, 1.82) is 0 Å². The molecule has 0 spiro atoms. The summed E-state index contributed by atoms with van der Waals surface area (Å²) in [4.78, 5) is 11.7. The Balaban J connectivity index is 2.07. The van der Waals surface area contributed by atoms with E-state index in [0.717, 1.165) is 23.0 Å². The number of nitrogens with one attached hydrogen (secondary N) is 1. The van der Waals surface area contributed by atoms with E-state index in [1.165, 1.54) is 0 Å². The molecule has 2 rings (SSSR count). The third-order valence-electron chi connectivity index (χ3n) is 2.63. The maximum absolute atomic E-state index is 11.7. The first-order chi connectivity index (χ1) is 6.60. The third-order valence-corrected chi connectivity index (χ3v) is 3.12. The number of rotatable bonds is 2. The predicted octanol–water partition coefficient (Wildman–Crippen LogP) is 3.19. The van der Waals surface area contributed by atoms with E-state index in [1.807, 2.05) is 31.2 Å². The van der Waals surface area contributed by atoms with E-state index < -0.39 is 0 Å². The SMILES string of the molecule is CC1(C(=O)Nc2cccc(Br)c2)CC1. The van der Waals surface area contributed by atoms with Crippen molar-refractivity contribution in [3.63, 3.8) is 0 Å². The highest BCUT2D eigenvalue weighted by Crippen LogP contribution is 2.45. The smallest absolute Gasteiger partial charge is 0.230 e. The van der Waals surface area contributed by atoms with Gasteiger partial charge < -0.3 is 5.32 Å². The van der Waals surface area contributed by atoms with Gasteiger partial charge in [-0.3, -0.25) is 4.79 Å². The van der Waals surface area contributed by atoms with Gasteiger partial charge >= 0.3 is 0 Å². The Kier molecular flexibility index (Phi) is 2.35. The van der Waals surface area contributed by atoms with Crippen LogP contribution in [-0.2, 0) is 4.79 Å². The van der Waals surface area contributed by atoms with Crippen molar-refractivity contribution in [2.75, 3.05) is 5.32 Å². The molecule has 0 heterocycles. The summed E-state index contributed by atoms with van der Waals surface area (Å²) >= 11 is 3.37. The average molecular weight is 254 g/mol. The zero-order valence-electron chi connectivity index (χ0n) is 8.01. The molecule has 1 aliphatic carbocycles. The standard InChI is InChI=1S/C11H12BrNO/c1-11(5-6-11)10(14)13-9-4-2-3-8(12)7-9/h2-4,7H,5-6H2,1H3,(H,13,14). The van der Waals surface area contributed by atoms with Crippen molar-refractivity contribution < 1.29 is 4.79 Å². The van der Waals surface area contributed by atoms with E-state index >= 15 is 0 Å². The lowest BCUT2D eigenvalue weighted by atomic mass is 10.1. The highest BCUT2D eigenvalue weighted by Gasteiger charge is 2.44. The molecule has 74 valence electrons. The lowest BCUT2D eigenvalue weighted by Crippen LogP contribution is -2.21. The molecule has 1 aliphatic rings. The van der Waals surface area contributed by atoms with Gasteiger partial charge in [-0.15, -0.1) is 0 Å². The van der Waals surface area contributed by atoms with E-state index in [1.54, 1.807) is 0 Å². The fraction of sp³-hybridized carbons (Fsp3) is 0.364. The van der Waals surface area contributed by atoms with Gasteiger partial charge in [0.2, 0.25) is 5.91 Å². The van der Waals surface area contributed by atoms with Crippen LogP contribution < -0.4 is 5.32 Å². The third kappa shape index (κ3) is 1.98. The number of halogens is 1. The van der Waals surface area contributed by atoms with Crippen LogP contribution in [0.4, 0.5) is 5.69 Å². The Hall–Kier alpha value is -0.830. The second kappa shape index (κ2) is 3.39. The minimum atomic E-state index is -0.109. The van der Waals surface area contributed by atoms with Gasteiger partial charge in [0.05, 0.1) is 0 Å². The highest BCUT2D eigenvalue weighted by molar-refractivity contribution is 9.10. The molecule has 1 aromatic rings. The highest BCUT2D eigenvalue weighted by atomic mass is 79.9. The summed E-state index contributed by atoms with van der Waals surface area (Å²) < 4.78 is 0.983. The van der Waals surface area contributed by atoms with Crippen LogP contribution in [0.1, 0.15) is 19.8 Å². The zero-order valence-corrected chi connectivity index (χ0v) is 9.60. The second-order valence-corrected chi connectivity index (χ2v) is 4.94. The molecular weight excluding hydrogens is 242 g/mol. The molecule has 1 amide bonds. The average Bonchev–Trinajstić information content (AvgIpc) is 2.85. The predicted molar refractivity (Wildman–Crippen MR) is 60.1 cm³/mol. The number of anilines is 1. The van der Waals surface area contributed by atoms with Crippen LogP contribution >= 0.6 is 15.9 Å². The van der Waals surface area contributed by atoms with Crippen molar-refractivity contribution in [3.05, 3.63) is 28.7 Å². The maximum Gasteiger partial charge on any atom is 0.230 e. The maximum atomic E-state index is 11.7. The van der Waals surface area contributed by atoms with Crippen LogP contribution in [0.2, 0.25) is 0 Å². The quantitative estimate of drug-likeness (QED) is 0.862. The number of hydrogen-bond donors (Lipinski definition) is 1. The van der Waals surface area contributed by atoms with Crippen LogP contribution in [0, 0.1) is 5.41 Å². The Bertz CT molecular complexity index is 371. The minimum absolute atomic E-state index is 0.109. The van der Waals surface area contributed by atoms with Crippen molar-refractivity contribution in [3.8, 4) is 0 Å². The van der Waals surface area contributed by atoms with Gasteiger partial charge in [-0.05, 0) is 31.0 Å². The fourth-order valence-electron chi connectivity index (χ4n) is 1.26. The summed E-state index contributed by atoms with van der Waals surface area (Å²) in [6.45, 7) is 2.00. The normalized spacial score (nSPS) is 17.6. The zero-order chi connectivity index (χ0) is 10.2. The van der Waals surface area contributed by atoms with Crippen molar-refractivity contribution in [2.45, 2.75) is 19.8 Å². The van der Waals surface area contributed by atoms with Gasteiger partial charge in [0.1, 0.15) is 0 Å². The van der Waals surface area contributed by atoms with Gasteiger partial charge in [-0.2, -0.15) is 0 Å². The number of hydrogen-bond acceptors (Lipinski definition) is 1. The molecule has 1 aromatic carbocycles. The van der Waals surface area contributed by atoms with E-state index in [4.69, 9.17) is 0 Å². The summed E-state index contributed by atoms with van der Waals surface area (Å²) in [5, 5.41) is 2.92. The molecule has 0 saturated heterocycles. The first kappa shape index (κ1) is 9.71. The lowest BCUT2D eigenvalue weighted by molar-refractivity contribution is -0.120. The van der Waals surface area contributed by atoms with Gasteiger partial charge in [0.25, 0.3) is 0 Å². The molecule has 0 radical (unpaired) electrons.